The van der Waals surface area contributed by atoms with E-state index in [0.717, 1.165) is 17.7 Å². The van der Waals surface area contributed by atoms with Gasteiger partial charge in [-0.3, -0.25) is 14.9 Å². The number of alkyl halides is 3. The lowest BCUT2D eigenvalue weighted by molar-refractivity contribution is -0.137. The lowest BCUT2D eigenvalue weighted by atomic mass is 9.96. The number of hydrogen-bond acceptors (Lipinski definition) is 4. The Bertz CT molecular complexity index is 1100. The molecule has 0 saturated carbocycles. The number of aromatic nitrogens is 2. The highest BCUT2D eigenvalue weighted by molar-refractivity contribution is 6.34. The Labute approximate surface area is 181 Å². The van der Waals surface area contributed by atoms with Gasteiger partial charge in [0.25, 0.3) is 5.91 Å². The second-order valence-electron chi connectivity index (χ2n) is 7.24. The van der Waals surface area contributed by atoms with E-state index in [-0.39, 0.29) is 27.8 Å². The van der Waals surface area contributed by atoms with E-state index in [1.807, 2.05) is 30.3 Å². The Kier molecular flexibility index (Phi) is 5.74. The molecule has 2 unspecified atom stereocenters. The van der Waals surface area contributed by atoms with Gasteiger partial charge in [-0.05, 0) is 23.8 Å². The monoisotopic (exact) mass is 449 g/mol. The molecule has 0 radical (unpaired) electrons. The quantitative estimate of drug-likeness (QED) is 0.568. The maximum atomic E-state index is 13.6. The van der Waals surface area contributed by atoms with Gasteiger partial charge in [-0.1, -0.05) is 41.9 Å². The van der Waals surface area contributed by atoms with Crippen molar-refractivity contribution in [3.63, 3.8) is 0 Å². The number of carbonyl (C=O) groups is 1. The molecule has 2 aromatic carbocycles. The van der Waals surface area contributed by atoms with Crippen molar-refractivity contribution in [3.05, 3.63) is 76.4 Å². The van der Waals surface area contributed by atoms with E-state index in [2.05, 4.69) is 21.3 Å². The van der Waals surface area contributed by atoms with Crippen molar-refractivity contribution in [1.29, 1.82) is 0 Å². The van der Waals surface area contributed by atoms with Gasteiger partial charge in [-0.15, -0.1) is 0 Å². The molecule has 162 valence electrons. The number of nitrogens with zero attached hydrogens (tertiary/aromatic N) is 2. The summed E-state index contributed by atoms with van der Waals surface area (Å²) in [6.07, 6.45) is -3.59. The number of nitrogens with one attached hydrogen (secondary N) is 3. The number of hydrogen-bond donors (Lipinski definition) is 3. The smallest absolute Gasteiger partial charge is 0.335 e. The zero-order valence-electron chi connectivity index (χ0n) is 16.4. The number of rotatable bonds is 4. The van der Waals surface area contributed by atoms with E-state index >= 15 is 0 Å². The third kappa shape index (κ3) is 4.43. The van der Waals surface area contributed by atoms with E-state index < -0.39 is 23.8 Å². The van der Waals surface area contributed by atoms with Gasteiger partial charge in [-0.25, -0.2) is 5.43 Å². The topological polar surface area (TPSA) is 71.0 Å². The molecule has 4 rings (SSSR count). The largest absolute Gasteiger partial charge is 0.417 e. The molecule has 10 heteroatoms. The van der Waals surface area contributed by atoms with E-state index in [4.69, 9.17) is 11.6 Å². The second kappa shape index (κ2) is 8.33. The van der Waals surface area contributed by atoms with Crippen molar-refractivity contribution in [1.82, 2.24) is 25.9 Å². The zero-order valence-corrected chi connectivity index (χ0v) is 17.1. The second-order valence-corrected chi connectivity index (χ2v) is 7.65. The Morgan fingerprint density at radius 3 is 2.61 bits per heavy atom. The molecule has 1 aliphatic rings. The molecule has 3 aromatic rings. The number of halogens is 4. The fraction of sp³-hybridized carbons (Fsp3) is 0.238. The molecule has 3 N–H and O–H groups in total. The van der Waals surface area contributed by atoms with Gasteiger partial charge in [0.15, 0.2) is 0 Å². The van der Waals surface area contributed by atoms with Crippen molar-refractivity contribution >= 4 is 17.5 Å². The van der Waals surface area contributed by atoms with Crippen LogP contribution in [0, 0.1) is 0 Å². The summed E-state index contributed by atoms with van der Waals surface area (Å²) < 4.78 is 42.2. The van der Waals surface area contributed by atoms with Crippen LogP contribution in [0.1, 0.15) is 27.4 Å². The van der Waals surface area contributed by atoms with Crippen LogP contribution < -0.4 is 16.2 Å². The van der Waals surface area contributed by atoms with Crippen LogP contribution in [0.2, 0.25) is 5.02 Å². The maximum absolute atomic E-state index is 13.6. The van der Waals surface area contributed by atoms with Gasteiger partial charge in [0, 0.05) is 31.3 Å². The van der Waals surface area contributed by atoms with Crippen LogP contribution >= 0.6 is 11.6 Å². The van der Waals surface area contributed by atoms with Crippen molar-refractivity contribution in [3.8, 4) is 11.3 Å². The average Bonchev–Trinajstić information content (AvgIpc) is 3.36. The van der Waals surface area contributed by atoms with E-state index in [0.29, 0.717) is 6.54 Å². The summed E-state index contributed by atoms with van der Waals surface area (Å²) in [5.41, 5.74) is 5.89. The van der Waals surface area contributed by atoms with Gasteiger partial charge in [0.2, 0.25) is 0 Å². The van der Waals surface area contributed by atoms with Crippen LogP contribution in [0.15, 0.2) is 54.7 Å². The number of benzene rings is 2. The fourth-order valence-corrected chi connectivity index (χ4v) is 3.87. The van der Waals surface area contributed by atoms with E-state index in [1.54, 1.807) is 7.05 Å². The van der Waals surface area contributed by atoms with Crippen molar-refractivity contribution in [2.45, 2.75) is 18.3 Å². The van der Waals surface area contributed by atoms with Gasteiger partial charge in [-0.2, -0.15) is 18.3 Å². The Balaban J connectivity index is 1.67. The highest BCUT2D eigenvalue weighted by atomic mass is 35.5. The maximum Gasteiger partial charge on any atom is 0.417 e. The number of amides is 1. The molecule has 0 spiro atoms. The minimum Gasteiger partial charge on any atom is -0.335 e. The molecule has 1 fully saturated rings. The van der Waals surface area contributed by atoms with Crippen LogP contribution in [-0.2, 0) is 13.2 Å². The highest BCUT2D eigenvalue weighted by Gasteiger charge is 2.36. The fourth-order valence-electron chi connectivity index (χ4n) is 3.62. The summed E-state index contributed by atoms with van der Waals surface area (Å²) in [6.45, 7) is 0.578. The minimum atomic E-state index is -4.65. The Morgan fingerprint density at radius 1 is 1.23 bits per heavy atom. The SMILES string of the molecule is Cn1ccc(-c2cc(C(=O)NC3NNCC3c3ccccc3)c(Cl)cc2C(F)(F)F)n1. The van der Waals surface area contributed by atoms with Crippen LogP contribution in [-0.4, -0.2) is 28.4 Å². The first-order chi connectivity index (χ1) is 14.7. The van der Waals surface area contributed by atoms with Gasteiger partial charge >= 0.3 is 6.18 Å². The van der Waals surface area contributed by atoms with Crippen molar-refractivity contribution < 1.29 is 18.0 Å². The predicted octanol–water partition coefficient (Wildman–Crippen LogP) is 3.71. The summed E-state index contributed by atoms with van der Waals surface area (Å²) in [7, 11) is 1.60. The molecule has 1 aliphatic heterocycles. The molecule has 1 amide bonds. The molecule has 6 nitrogen and oxygen atoms in total. The highest BCUT2D eigenvalue weighted by Crippen LogP contribution is 2.39. The van der Waals surface area contributed by atoms with Crippen LogP contribution in [0.5, 0.6) is 0 Å². The van der Waals surface area contributed by atoms with Gasteiger partial charge < -0.3 is 5.32 Å². The summed E-state index contributed by atoms with van der Waals surface area (Å²) in [5, 5.41) is 6.60. The van der Waals surface area contributed by atoms with Crippen LogP contribution in [0.25, 0.3) is 11.3 Å². The molecule has 2 heterocycles. The molecular weight excluding hydrogens is 431 g/mol. The summed E-state index contributed by atoms with van der Waals surface area (Å²) in [5.74, 6) is -0.647. The zero-order chi connectivity index (χ0) is 22.2. The molecule has 2 atom stereocenters. The molecular formula is C21H19ClF3N5O. The number of aryl methyl sites for hydroxylation is 1. The van der Waals surface area contributed by atoms with E-state index in [9.17, 15) is 18.0 Å². The van der Waals surface area contributed by atoms with Gasteiger partial charge in [0.1, 0.15) is 6.17 Å². The third-order valence-corrected chi connectivity index (χ3v) is 5.46. The third-order valence-electron chi connectivity index (χ3n) is 5.14. The van der Waals surface area contributed by atoms with Crippen molar-refractivity contribution in [2.75, 3.05) is 6.54 Å². The Hall–Kier alpha value is -2.88. The summed E-state index contributed by atoms with van der Waals surface area (Å²) in [6, 6.07) is 13.0. The average molecular weight is 450 g/mol. The number of carbonyl (C=O) groups excluding carboxylic acids is 1. The van der Waals surface area contributed by atoms with E-state index in [1.165, 1.54) is 16.9 Å². The normalized spacial score (nSPS) is 18.9. The Morgan fingerprint density at radius 2 is 1.97 bits per heavy atom. The summed E-state index contributed by atoms with van der Waals surface area (Å²) in [4.78, 5) is 13.0. The molecule has 31 heavy (non-hydrogen) atoms. The molecule has 0 bridgehead atoms. The lowest BCUT2D eigenvalue weighted by Gasteiger charge is -2.21. The minimum absolute atomic E-state index is 0.0594. The first kappa shape index (κ1) is 21.4. The van der Waals surface area contributed by atoms with Crippen LogP contribution in [0.4, 0.5) is 13.2 Å². The molecule has 1 aromatic heterocycles. The molecule has 0 aliphatic carbocycles. The van der Waals surface area contributed by atoms with Crippen molar-refractivity contribution in [2.24, 2.45) is 7.05 Å². The standard InChI is InChI=1S/C21H19ClF3N5O/c1-30-8-7-18(29-30)13-9-14(17(22)10-16(13)21(23,24)25)20(31)27-19-15(11-26-28-19)12-5-3-2-4-6-12/h2-10,15,19,26,28H,11H2,1H3,(H,27,31). The van der Waals surface area contributed by atoms with Gasteiger partial charge in [0.05, 0.1) is 21.8 Å². The first-order valence-electron chi connectivity index (χ1n) is 9.49. The predicted molar refractivity (Wildman–Crippen MR) is 110 cm³/mol. The van der Waals surface area contributed by atoms with Crippen LogP contribution in [0.3, 0.4) is 0 Å². The first-order valence-corrected chi connectivity index (χ1v) is 9.87. The lowest BCUT2D eigenvalue weighted by Crippen LogP contribution is -2.46. The number of hydrazine groups is 1. The molecule has 1 saturated heterocycles. The summed E-state index contributed by atoms with van der Waals surface area (Å²) >= 11 is 6.11.